The number of hydrogen-bond donors (Lipinski definition) is 1. The van der Waals surface area contributed by atoms with E-state index in [1.54, 1.807) is 0 Å². The van der Waals surface area contributed by atoms with Crippen molar-refractivity contribution >= 4 is 5.91 Å². The number of amides is 1. The zero-order valence-electron chi connectivity index (χ0n) is 26.4. The van der Waals surface area contributed by atoms with Gasteiger partial charge in [-0.25, -0.2) is 0 Å². The lowest BCUT2D eigenvalue weighted by Gasteiger charge is -2.22. The molecule has 0 fully saturated rings. The summed E-state index contributed by atoms with van der Waals surface area (Å²) < 4.78 is 0. The van der Waals surface area contributed by atoms with Crippen LogP contribution < -0.4 is 0 Å². The van der Waals surface area contributed by atoms with Crippen LogP contribution in [-0.2, 0) is 4.79 Å². The highest BCUT2D eigenvalue weighted by Crippen LogP contribution is 2.15. The van der Waals surface area contributed by atoms with Gasteiger partial charge in [-0.1, -0.05) is 174 Å². The summed E-state index contributed by atoms with van der Waals surface area (Å²) in [6.45, 7) is 6.36. The molecule has 0 radical (unpaired) electrons. The van der Waals surface area contributed by atoms with Gasteiger partial charge in [-0.2, -0.15) is 0 Å². The summed E-state index contributed by atoms with van der Waals surface area (Å²) in [5, 5.41) is 9.25. The minimum atomic E-state index is 0.182. The van der Waals surface area contributed by atoms with Gasteiger partial charge in [0, 0.05) is 26.1 Å². The van der Waals surface area contributed by atoms with Gasteiger partial charge in [0.05, 0.1) is 0 Å². The molecular weight excluding hydrogens is 466 g/mol. The van der Waals surface area contributed by atoms with Crippen LogP contribution in [0.4, 0.5) is 0 Å². The van der Waals surface area contributed by atoms with E-state index in [-0.39, 0.29) is 6.61 Å². The third-order valence-electron chi connectivity index (χ3n) is 8.21. The summed E-state index contributed by atoms with van der Waals surface area (Å²) >= 11 is 0. The maximum Gasteiger partial charge on any atom is 0.222 e. The van der Waals surface area contributed by atoms with E-state index in [2.05, 4.69) is 13.8 Å². The van der Waals surface area contributed by atoms with Crippen molar-refractivity contribution in [3.63, 3.8) is 0 Å². The number of rotatable bonds is 32. The van der Waals surface area contributed by atoms with Crippen molar-refractivity contribution in [1.29, 1.82) is 0 Å². The number of aliphatic hydroxyl groups excluding tert-OH is 1. The van der Waals surface area contributed by atoms with Crippen molar-refractivity contribution in [3.8, 4) is 0 Å². The first kappa shape index (κ1) is 37.4. The largest absolute Gasteiger partial charge is 0.396 e. The fraction of sp³-hybridized carbons (Fsp3) is 0.971. The minimum Gasteiger partial charge on any atom is -0.396 e. The second-order valence-electron chi connectivity index (χ2n) is 12.0. The van der Waals surface area contributed by atoms with Crippen LogP contribution in [0.5, 0.6) is 0 Å². The van der Waals surface area contributed by atoms with Gasteiger partial charge in [0.1, 0.15) is 0 Å². The predicted octanol–water partition coefficient (Wildman–Crippen LogP) is 11.2. The highest BCUT2D eigenvalue weighted by Gasteiger charge is 2.12. The third-order valence-corrected chi connectivity index (χ3v) is 8.21. The van der Waals surface area contributed by atoms with E-state index < -0.39 is 0 Å². The Hall–Kier alpha value is -0.570. The summed E-state index contributed by atoms with van der Waals surface area (Å²) in [4.78, 5) is 14.8. The summed E-state index contributed by atoms with van der Waals surface area (Å²) in [6.07, 6.45) is 37.9. The van der Waals surface area contributed by atoms with Crippen LogP contribution in [0.2, 0.25) is 0 Å². The van der Waals surface area contributed by atoms with Crippen LogP contribution in [0.3, 0.4) is 0 Å². The number of carbonyl (C=O) groups is 1. The Morgan fingerprint density at radius 2 is 0.711 bits per heavy atom. The predicted molar refractivity (Wildman–Crippen MR) is 169 cm³/mol. The molecule has 0 aromatic carbocycles. The highest BCUT2D eigenvalue weighted by atomic mass is 16.3. The highest BCUT2D eigenvalue weighted by molar-refractivity contribution is 5.76. The number of hydrogen-bond acceptors (Lipinski definition) is 2. The van der Waals surface area contributed by atoms with Gasteiger partial charge < -0.3 is 10.0 Å². The number of aliphatic hydroxyl groups is 1. The molecule has 38 heavy (non-hydrogen) atoms. The lowest BCUT2D eigenvalue weighted by Crippen LogP contribution is -2.33. The van der Waals surface area contributed by atoms with Crippen molar-refractivity contribution in [1.82, 2.24) is 4.90 Å². The van der Waals surface area contributed by atoms with Crippen LogP contribution in [0.15, 0.2) is 0 Å². The van der Waals surface area contributed by atoms with Gasteiger partial charge in [0.25, 0.3) is 0 Å². The molecule has 1 amide bonds. The molecule has 0 aromatic heterocycles. The van der Waals surface area contributed by atoms with Gasteiger partial charge in [0.15, 0.2) is 0 Å². The van der Waals surface area contributed by atoms with Crippen molar-refractivity contribution < 1.29 is 9.90 Å². The van der Waals surface area contributed by atoms with Crippen LogP contribution >= 0.6 is 0 Å². The molecule has 0 aliphatic rings. The van der Waals surface area contributed by atoms with E-state index in [0.29, 0.717) is 18.7 Å². The Morgan fingerprint density at radius 3 is 1.05 bits per heavy atom. The molecule has 0 aromatic rings. The van der Waals surface area contributed by atoms with Crippen LogP contribution in [0, 0.1) is 0 Å². The SMILES string of the molecule is CCCCCCCCCCCCCCCCN(CCCO)C(=O)CCCCCCCCCCCCCCC. The van der Waals surface area contributed by atoms with Crippen molar-refractivity contribution in [3.05, 3.63) is 0 Å². The summed E-state index contributed by atoms with van der Waals surface area (Å²) in [5.74, 6) is 0.316. The molecule has 0 aliphatic carbocycles. The average molecular weight is 538 g/mol. The molecule has 228 valence electrons. The lowest BCUT2D eigenvalue weighted by atomic mass is 10.0. The van der Waals surface area contributed by atoms with Crippen molar-refractivity contribution in [2.24, 2.45) is 0 Å². The summed E-state index contributed by atoms with van der Waals surface area (Å²) in [7, 11) is 0. The quantitative estimate of drug-likeness (QED) is 0.0867. The van der Waals surface area contributed by atoms with Gasteiger partial charge in [-0.3, -0.25) is 4.79 Å². The first-order valence-electron chi connectivity index (χ1n) is 17.6. The Balaban J connectivity index is 3.63. The summed E-state index contributed by atoms with van der Waals surface area (Å²) in [5.41, 5.74) is 0. The first-order valence-corrected chi connectivity index (χ1v) is 17.6. The van der Waals surface area contributed by atoms with Crippen molar-refractivity contribution in [2.75, 3.05) is 19.7 Å². The molecule has 0 atom stereocenters. The Labute approximate surface area is 240 Å². The average Bonchev–Trinajstić information content (AvgIpc) is 2.93. The molecule has 0 saturated heterocycles. The molecule has 0 saturated carbocycles. The van der Waals surface area contributed by atoms with Gasteiger partial charge in [0.2, 0.25) is 5.91 Å². The molecule has 1 N–H and O–H groups in total. The van der Waals surface area contributed by atoms with E-state index in [1.807, 2.05) is 4.90 Å². The van der Waals surface area contributed by atoms with E-state index in [0.717, 1.165) is 25.9 Å². The Kier molecular flexibility index (Phi) is 32.2. The topological polar surface area (TPSA) is 40.5 Å². The smallest absolute Gasteiger partial charge is 0.222 e. The van der Waals surface area contributed by atoms with Gasteiger partial charge in [-0.15, -0.1) is 0 Å². The summed E-state index contributed by atoms with van der Waals surface area (Å²) in [6, 6.07) is 0. The Bertz CT molecular complexity index is 453. The first-order chi connectivity index (χ1) is 18.8. The van der Waals surface area contributed by atoms with E-state index in [4.69, 9.17) is 0 Å². The molecule has 0 heterocycles. The molecule has 0 bridgehead atoms. The fourth-order valence-corrected chi connectivity index (χ4v) is 5.57. The second kappa shape index (κ2) is 32.6. The molecule has 0 rings (SSSR count). The normalized spacial score (nSPS) is 11.3. The number of carbonyl (C=O) groups excluding carboxylic acids is 1. The monoisotopic (exact) mass is 538 g/mol. The van der Waals surface area contributed by atoms with Crippen LogP contribution in [0.25, 0.3) is 0 Å². The van der Waals surface area contributed by atoms with E-state index in [1.165, 1.54) is 161 Å². The molecular formula is C35H71NO2. The van der Waals surface area contributed by atoms with Crippen LogP contribution in [0.1, 0.15) is 200 Å². The third kappa shape index (κ3) is 28.4. The molecule has 0 spiro atoms. The minimum absolute atomic E-state index is 0.182. The van der Waals surface area contributed by atoms with Crippen LogP contribution in [-0.4, -0.2) is 35.6 Å². The maximum atomic E-state index is 12.8. The van der Waals surface area contributed by atoms with Gasteiger partial charge in [-0.05, 0) is 19.3 Å². The Morgan fingerprint density at radius 1 is 0.421 bits per heavy atom. The number of nitrogens with zero attached hydrogens (tertiary/aromatic N) is 1. The lowest BCUT2D eigenvalue weighted by molar-refractivity contribution is -0.131. The molecule has 3 heteroatoms. The molecule has 0 aliphatic heterocycles. The van der Waals surface area contributed by atoms with E-state index in [9.17, 15) is 9.90 Å². The zero-order chi connectivity index (χ0) is 27.8. The van der Waals surface area contributed by atoms with Crippen molar-refractivity contribution in [2.45, 2.75) is 200 Å². The fourth-order valence-electron chi connectivity index (χ4n) is 5.57. The standard InChI is InChI=1S/C35H71NO2/c1-3-5-7-9-11-13-15-17-19-21-23-25-27-29-32-36(33-30-34-37)35(38)31-28-26-24-22-20-18-16-14-12-10-8-6-4-2/h37H,3-34H2,1-2H3. The van der Waals surface area contributed by atoms with E-state index >= 15 is 0 Å². The number of unbranched alkanes of at least 4 members (excludes halogenated alkanes) is 25. The van der Waals surface area contributed by atoms with Gasteiger partial charge >= 0.3 is 0 Å². The second-order valence-corrected chi connectivity index (χ2v) is 12.0. The molecule has 3 nitrogen and oxygen atoms in total. The maximum absolute atomic E-state index is 12.8. The molecule has 0 unspecified atom stereocenters. The zero-order valence-corrected chi connectivity index (χ0v) is 26.4.